The molecule has 1 atom stereocenters. The molecule has 0 spiro atoms. The standard InChI is InChI=1S/C15H12Br2ClF/c1-9-7-10(16)5-6-11(9)13(17)8-12-14(18)3-2-4-15(12)19/h2-7,13H,8H2,1H3. The maximum absolute atomic E-state index is 13.8. The third-order valence-electron chi connectivity index (χ3n) is 3.01. The van der Waals surface area contributed by atoms with E-state index in [0.717, 1.165) is 15.6 Å². The van der Waals surface area contributed by atoms with E-state index in [0.29, 0.717) is 17.0 Å². The summed E-state index contributed by atoms with van der Waals surface area (Å²) in [7, 11) is 0. The highest BCUT2D eigenvalue weighted by Crippen LogP contribution is 2.33. The van der Waals surface area contributed by atoms with Gasteiger partial charge in [-0.25, -0.2) is 4.39 Å². The Morgan fingerprint density at radius 2 is 2.00 bits per heavy atom. The summed E-state index contributed by atoms with van der Waals surface area (Å²) in [5.74, 6) is -0.258. The van der Waals surface area contributed by atoms with Gasteiger partial charge in [0.1, 0.15) is 5.82 Å². The molecule has 0 saturated heterocycles. The molecule has 0 radical (unpaired) electrons. The normalized spacial score (nSPS) is 12.5. The zero-order valence-electron chi connectivity index (χ0n) is 10.3. The minimum Gasteiger partial charge on any atom is -0.207 e. The fourth-order valence-electron chi connectivity index (χ4n) is 2.01. The molecule has 0 aromatic heterocycles. The molecule has 0 aliphatic heterocycles. The predicted octanol–water partition coefficient (Wildman–Crippen LogP) is 6.23. The smallest absolute Gasteiger partial charge is 0.127 e. The van der Waals surface area contributed by atoms with Crippen LogP contribution in [0.5, 0.6) is 0 Å². The molecule has 19 heavy (non-hydrogen) atoms. The van der Waals surface area contributed by atoms with Crippen molar-refractivity contribution in [3.8, 4) is 0 Å². The van der Waals surface area contributed by atoms with Crippen molar-refractivity contribution in [2.24, 2.45) is 0 Å². The van der Waals surface area contributed by atoms with Gasteiger partial charge in [0.25, 0.3) is 0 Å². The van der Waals surface area contributed by atoms with E-state index >= 15 is 0 Å². The second kappa shape index (κ2) is 6.38. The molecule has 0 aliphatic carbocycles. The Hall–Kier alpha value is -0.380. The Balaban J connectivity index is 2.28. The number of halogens is 4. The van der Waals surface area contributed by atoms with Gasteiger partial charge in [-0.05, 0) is 48.7 Å². The highest BCUT2D eigenvalue weighted by Gasteiger charge is 2.15. The SMILES string of the molecule is Cc1cc(Br)ccc1C(Br)Cc1c(F)cccc1Cl. The molecule has 2 aromatic rings. The van der Waals surface area contributed by atoms with Gasteiger partial charge < -0.3 is 0 Å². The topological polar surface area (TPSA) is 0 Å². The van der Waals surface area contributed by atoms with Crippen LogP contribution in [0.2, 0.25) is 5.02 Å². The first-order valence-corrected chi connectivity index (χ1v) is 7.90. The van der Waals surface area contributed by atoms with Crippen LogP contribution in [0.15, 0.2) is 40.9 Å². The number of alkyl halides is 1. The average Bonchev–Trinajstić information content (AvgIpc) is 2.33. The first-order chi connectivity index (χ1) is 8.99. The molecule has 1 unspecified atom stereocenters. The summed E-state index contributed by atoms with van der Waals surface area (Å²) in [6, 6.07) is 10.8. The molecule has 100 valence electrons. The van der Waals surface area contributed by atoms with E-state index in [1.807, 2.05) is 25.1 Å². The second-order valence-electron chi connectivity index (χ2n) is 4.37. The Labute approximate surface area is 134 Å². The zero-order chi connectivity index (χ0) is 14.0. The van der Waals surface area contributed by atoms with Crippen molar-refractivity contribution >= 4 is 43.5 Å². The number of rotatable bonds is 3. The predicted molar refractivity (Wildman–Crippen MR) is 85.7 cm³/mol. The van der Waals surface area contributed by atoms with E-state index in [-0.39, 0.29) is 10.6 Å². The van der Waals surface area contributed by atoms with Gasteiger partial charge in [0.15, 0.2) is 0 Å². The minimum absolute atomic E-state index is 0.0370. The van der Waals surface area contributed by atoms with Crippen LogP contribution >= 0.6 is 43.5 Å². The lowest BCUT2D eigenvalue weighted by Crippen LogP contribution is -2.01. The van der Waals surface area contributed by atoms with E-state index in [4.69, 9.17) is 11.6 Å². The van der Waals surface area contributed by atoms with Crippen molar-refractivity contribution in [2.75, 3.05) is 0 Å². The van der Waals surface area contributed by atoms with Gasteiger partial charge in [-0.1, -0.05) is 55.6 Å². The first kappa shape index (κ1) is 15.0. The van der Waals surface area contributed by atoms with E-state index in [1.165, 1.54) is 6.07 Å². The van der Waals surface area contributed by atoms with Crippen molar-refractivity contribution in [1.82, 2.24) is 0 Å². The molecular weight excluding hydrogens is 394 g/mol. The summed E-state index contributed by atoms with van der Waals surface area (Å²) in [4.78, 5) is 0.0370. The molecule has 0 fully saturated rings. The maximum atomic E-state index is 13.8. The number of benzene rings is 2. The molecule has 4 heteroatoms. The van der Waals surface area contributed by atoms with Gasteiger partial charge in [-0.3, -0.25) is 0 Å². The fraction of sp³-hybridized carbons (Fsp3) is 0.200. The monoisotopic (exact) mass is 404 g/mol. The Morgan fingerprint density at radius 3 is 2.63 bits per heavy atom. The maximum Gasteiger partial charge on any atom is 0.127 e. The van der Waals surface area contributed by atoms with Crippen LogP contribution in [0.25, 0.3) is 0 Å². The van der Waals surface area contributed by atoms with Gasteiger partial charge in [-0.2, -0.15) is 0 Å². The largest absolute Gasteiger partial charge is 0.207 e. The Kier molecular flexibility index (Phi) is 5.04. The van der Waals surface area contributed by atoms with Crippen molar-refractivity contribution < 1.29 is 4.39 Å². The van der Waals surface area contributed by atoms with Crippen LogP contribution < -0.4 is 0 Å². The number of hydrogen-bond acceptors (Lipinski definition) is 0. The highest BCUT2D eigenvalue weighted by molar-refractivity contribution is 9.10. The Bertz CT molecular complexity index is 578. The minimum atomic E-state index is -0.258. The number of aryl methyl sites for hydroxylation is 1. The average molecular weight is 407 g/mol. The van der Waals surface area contributed by atoms with Crippen LogP contribution in [-0.4, -0.2) is 0 Å². The van der Waals surface area contributed by atoms with E-state index in [9.17, 15) is 4.39 Å². The number of hydrogen-bond donors (Lipinski definition) is 0. The van der Waals surface area contributed by atoms with Crippen LogP contribution in [0, 0.1) is 12.7 Å². The Morgan fingerprint density at radius 1 is 1.26 bits per heavy atom. The van der Waals surface area contributed by atoms with Crippen LogP contribution in [0.4, 0.5) is 4.39 Å². The highest BCUT2D eigenvalue weighted by atomic mass is 79.9. The van der Waals surface area contributed by atoms with Gasteiger partial charge >= 0.3 is 0 Å². The zero-order valence-corrected chi connectivity index (χ0v) is 14.2. The summed E-state index contributed by atoms with van der Waals surface area (Å²) in [5, 5.41) is 0.471. The van der Waals surface area contributed by atoms with Gasteiger partial charge in [0.2, 0.25) is 0 Å². The first-order valence-electron chi connectivity index (χ1n) is 5.82. The fourth-order valence-corrected chi connectivity index (χ4v) is 3.56. The summed E-state index contributed by atoms with van der Waals surface area (Å²) in [5.41, 5.74) is 2.85. The molecule has 2 rings (SSSR count). The second-order valence-corrected chi connectivity index (χ2v) is 6.80. The quantitative estimate of drug-likeness (QED) is 0.530. The molecule has 0 bridgehead atoms. The third kappa shape index (κ3) is 3.59. The summed E-state index contributed by atoms with van der Waals surface area (Å²) < 4.78 is 14.8. The van der Waals surface area contributed by atoms with Gasteiger partial charge in [-0.15, -0.1) is 0 Å². The third-order valence-corrected chi connectivity index (χ3v) is 4.68. The van der Waals surface area contributed by atoms with Crippen molar-refractivity contribution in [3.63, 3.8) is 0 Å². The molecule has 0 aliphatic rings. The molecule has 0 saturated carbocycles. The van der Waals surface area contributed by atoms with Crippen molar-refractivity contribution in [2.45, 2.75) is 18.2 Å². The lowest BCUT2D eigenvalue weighted by atomic mass is 10.0. The van der Waals surface area contributed by atoms with E-state index in [2.05, 4.69) is 31.9 Å². The molecular formula is C15H12Br2ClF. The molecule has 0 nitrogen and oxygen atoms in total. The lowest BCUT2D eigenvalue weighted by molar-refractivity contribution is 0.608. The summed E-state index contributed by atoms with van der Waals surface area (Å²) in [6.07, 6.45) is 0.522. The molecule has 0 amide bonds. The van der Waals surface area contributed by atoms with Gasteiger partial charge in [0, 0.05) is 19.9 Å². The van der Waals surface area contributed by atoms with Crippen LogP contribution in [-0.2, 0) is 6.42 Å². The lowest BCUT2D eigenvalue weighted by Gasteiger charge is -2.15. The summed E-state index contributed by atoms with van der Waals surface area (Å²) in [6.45, 7) is 2.04. The van der Waals surface area contributed by atoms with Crippen molar-refractivity contribution in [1.29, 1.82) is 0 Å². The molecule has 0 N–H and O–H groups in total. The van der Waals surface area contributed by atoms with Crippen LogP contribution in [0.1, 0.15) is 21.5 Å². The summed E-state index contributed by atoms with van der Waals surface area (Å²) >= 11 is 13.1. The van der Waals surface area contributed by atoms with E-state index in [1.54, 1.807) is 12.1 Å². The van der Waals surface area contributed by atoms with Gasteiger partial charge in [0.05, 0.1) is 0 Å². The molecule has 0 heterocycles. The van der Waals surface area contributed by atoms with E-state index < -0.39 is 0 Å². The van der Waals surface area contributed by atoms with Crippen LogP contribution in [0.3, 0.4) is 0 Å². The van der Waals surface area contributed by atoms with Crippen molar-refractivity contribution in [3.05, 3.63) is 68.4 Å². The molecule has 2 aromatic carbocycles.